The van der Waals surface area contributed by atoms with Crippen LogP contribution in [0.15, 0.2) is 53.4 Å². The zero-order valence-corrected chi connectivity index (χ0v) is 13.1. The summed E-state index contributed by atoms with van der Waals surface area (Å²) in [5.74, 6) is -0.391. The minimum Gasteiger partial charge on any atom is -0.366 e. The van der Waals surface area contributed by atoms with E-state index < -0.39 is 5.91 Å². The second kappa shape index (κ2) is 7.29. The third-order valence-electron chi connectivity index (χ3n) is 3.44. The molecule has 0 spiro atoms. The first-order valence-corrected chi connectivity index (χ1v) is 8.08. The Morgan fingerprint density at radius 2 is 1.95 bits per heavy atom. The number of carbonyl (C=O) groups is 1. The minimum absolute atomic E-state index is 0.248. The molecule has 2 rings (SSSR count). The summed E-state index contributed by atoms with van der Waals surface area (Å²) in [6, 6.07) is 16.2. The van der Waals surface area contributed by atoms with Crippen molar-refractivity contribution in [1.82, 2.24) is 5.32 Å². The molecule has 0 heterocycles. The summed E-state index contributed by atoms with van der Waals surface area (Å²) in [7, 11) is 0. The maximum atomic E-state index is 11.2. The molecule has 2 aromatic rings. The number of thioether (sulfide) groups is 1. The van der Waals surface area contributed by atoms with Gasteiger partial charge in [0.05, 0.1) is 0 Å². The number of hydrogen-bond acceptors (Lipinski definition) is 3. The van der Waals surface area contributed by atoms with Crippen LogP contribution in [-0.4, -0.2) is 12.2 Å². The van der Waals surface area contributed by atoms with E-state index in [1.165, 1.54) is 10.5 Å². The lowest BCUT2D eigenvalue weighted by Gasteiger charge is -2.15. The third kappa shape index (κ3) is 4.34. The van der Waals surface area contributed by atoms with Crippen molar-refractivity contribution in [2.24, 2.45) is 5.73 Å². The Morgan fingerprint density at radius 3 is 2.57 bits per heavy atom. The van der Waals surface area contributed by atoms with Crippen molar-refractivity contribution < 1.29 is 4.79 Å². The van der Waals surface area contributed by atoms with Gasteiger partial charge in [-0.25, -0.2) is 0 Å². The van der Waals surface area contributed by atoms with Crippen molar-refractivity contribution >= 4 is 17.7 Å². The van der Waals surface area contributed by atoms with E-state index in [9.17, 15) is 4.79 Å². The first kappa shape index (κ1) is 15.6. The Kier molecular flexibility index (Phi) is 5.42. The quantitative estimate of drug-likeness (QED) is 0.804. The van der Waals surface area contributed by atoms with Gasteiger partial charge in [0, 0.05) is 23.0 Å². The van der Waals surface area contributed by atoms with Crippen LogP contribution in [0.5, 0.6) is 0 Å². The molecule has 21 heavy (non-hydrogen) atoms. The highest BCUT2D eigenvalue weighted by atomic mass is 32.2. The molecular weight excluding hydrogens is 280 g/mol. The smallest absolute Gasteiger partial charge is 0.248 e. The predicted octanol–water partition coefficient (Wildman–Crippen LogP) is 3.36. The highest BCUT2D eigenvalue weighted by molar-refractivity contribution is 7.98. The number of rotatable bonds is 6. The molecule has 0 aliphatic rings. The number of nitrogens with one attached hydrogen (secondary N) is 1. The average molecular weight is 300 g/mol. The molecule has 1 amide bonds. The maximum absolute atomic E-state index is 11.2. The molecule has 0 radical (unpaired) electrons. The fourth-order valence-electron chi connectivity index (χ4n) is 2.12. The molecule has 0 saturated carbocycles. The van der Waals surface area contributed by atoms with Crippen molar-refractivity contribution in [2.45, 2.75) is 24.4 Å². The first-order chi connectivity index (χ1) is 10.1. The lowest BCUT2D eigenvalue weighted by molar-refractivity contribution is 0.1000. The zero-order valence-electron chi connectivity index (χ0n) is 12.3. The van der Waals surface area contributed by atoms with Gasteiger partial charge in [-0.05, 0) is 48.6 Å². The van der Waals surface area contributed by atoms with Crippen LogP contribution in [0.25, 0.3) is 0 Å². The number of amides is 1. The van der Waals surface area contributed by atoms with E-state index in [4.69, 9.17) is 5.73 Å². The van der Waals surface area contributed by atoms with E-state index in [2.05, 4.69) is 42.8 Å². The Balaban J connectivity index is 1.98. The van der Waals surface area contributed by atoms with Crippen LogP contribution in [0.1, 0.15) is 34.5 Å². The molecule has 1 unspecified atom stereocenters. The molecule has 3 N–H and O–H groups in total. The number of hydrogen-bond donors (Lipinski definition) is 2. The average Bonchev–Trinajstić information content (AvgIpc) is 2.53. The molecule has 110 valence electrons. The van der Waals surface area contributed by atoms with Crippen LogP contribution in [0.4, 0.5) is 0 Å². The van der Waals surface area contributed by atoms with Gasteiger partial charge in [-0.1, -0.05) is 24.3 Å². The zero-order chi connectivity index (χ0) is 15.2. The molecule has 0 fully saturated rings. The summed E-state index contributed by atoms with van der Waals surface area (Å²) in [5, 5.41) is 3.46. The molecule has 0 aromatic heterocycles. The largest absolute Gasteiger partial charge is 0.366 e. The van der Waals surface area contributed by atoms with E-state index in [1.54, 1.807) is 17.8 Å². The Hall–Kier alpha value is -1.78. The normalized spacial score (nSPS) is 12.1. The SMILES string of the molecule is CSc1ccc(C(C)NCc2cccc(C(N)=O)c2)cc1. The summed E-state index contributed by atoms with van der Waals surface area (Å²) >= 11 is 1.74. The standard InChI is InChI=1S/C17H20N2OS/c1-12(14-6-8-16(21-2)9-7-14)19-11-13-4-3-5-15(10-13)17(18)20/h3-10,12,19H,11H2,1-2H3,(H2,18,20). The number of primary amides is 1. The van der Waals surface area contributed by atoms with Gasteiger partial charge in [0.15, 0.2) is 0 Å². The lowest BCUT2D eigenvalue weighted by Crippen LogP contribution is -2.18. The molecule has 1 atom stereocenters. The van der Waals surface area contributed by atoms with Gasteiger partial charge in [-0.15, -0.1) is 11.8 Å². The van der Waals surface area contributed by atoms with E-state index in [1.807, 2.05) is 18.2 Å². The van der Waals surface area contributed by atoms with Crippen molar-refractivity contribution in [3.05, 3.63) is 65.2 Å². The first-order valence-electron chi connectivity index (χ1n) is 6.86. The fraction of sp³-hybridized carbons (Fsp3) is 0.235. The third-order valence-corrected chi connectivity index (χ3v) is 4.18. The van der Waals surface area contributed by atoms with Crippen molar-refractivity contribution in [3.8, 4) is 0 Å². The summed E-state index contributed by atoms with van der Waals surface area (Å²) < 4.78 is 0. The Bertz CT molecular complexity index is 610. The Labute approximate surface area is 129 Å². The van der Waals surface area contributed by atoms with E-state index >= 15 is 0 Å². The highest BCUT2D eigenvalue weighted by Gasteiger charge is 2.06. The predicted molar refractivity (Wildman–Crippen MR) is 88.4 cm³/mol. The summed E-state index contributed by atoms with van der Waals surface area (Å²) in [4.78, 5) is 12.4. The van der Waals surface area contributed by atoms with Crippen LogP contribution in [0.2, 0.25) is 0 Å². The second-order valence-electron chi connectivity index (χ2n) is 4.94. The van der Waals surface area contributed by atoms with Crippen LogP contribution >= 0.6 is 11.8 Å². The molecule has 3 nitrogen and oxygen atoms in total. The van der Waals surface area contributed by atoms with Gasteiger partial charge < -0.3 is 11.1 Å². The van der Waals surface area contributed by atoms with Gasteiger partial charge in [0.1, 0.15) is 0 Å². The second-order valence-corrected chi connectivity index (χ2v) is 5.82. The molecule has 0 bridgehead atoms. The lowest BCUT2D eigenvalue weighted by atomic mass is 10.1. The van der Waals surface area contributed by atoms with E-state index in [0.717, 1.165) is 5.56 Å². The van der Waals surface area contributed by atoms with Gasteiger partial charge >= 0.3 is 0 Å². The van der Waals surface area contributed by atoms with E-state index in [0.29, 0.717) is 12.1 Å². The Morgan fingerprint density at radius 1 is 1.24 bits per heavy atom. The van der Waals surface area contributed by atoms with Crippen molar-refractivity contribution in [3.63, 3.8) is 0 Å². The van der Waals surface area contributed by atoms with Crippen molar-refractivity contribution in [1.29, 1.82) is 0 Å². The van der Waals surface area contributed by atoms with Gasteiger partial charge in [-0.3, -0.25) is 4.79 Å². The summed E-state index contributed by atoms with van der Waals surface area (Å²) in [5.41, 5.74) is 8.15. The minimum atomic E-state index is -0.391. The molecule has 0 saturated heterocycles. The van der Waals surface area contributed by atoms with Crippen LogP contribution in [0.3, 0.4) is 0 Å². The van der Waals surface area contributed by atoms with Crippen LogP contribution < -0.4 is 11.1 Å². The van der Waals surface area contributed by atoms with Crippen LogP contribution in [0, 0.1) is 0 Å². The molecule has 0 aliphatic heterocycles. The number of carbonyl (C=O) groups excluding carboxylic acids is 1. The summed E-state index contributed by atoms with van der Waals surface area (Å²) in [6.07, 6.45) is 2.07. The fourth-order valence-corrected chi connectivity index (χ4v) is 2.52. The molecule has 0 aliphatic carbocycles. The maximum Gasteiger partial charge on any atom is 0.248 e. The molecular formula is C17H20N2OS. The highest BCUT2D eigenvalue weighted by Crippen LogP contribution is 2.19. The topological polar surface area (TPSA) is 55.1 Å². The van der Waals surface area contributed by atoms with Gasteiger partial charge in [-0.2, -0.15) is 0 Å². The van der Waals surface area contributed by atoms with Gasteiger partial charge in [0.25, 0.3) is 0 Å². The number of benzene rings is 2. The van der Waals surface area contributed by atoms with Crippen molar-refractivity contribution in [2.75, 3.05) is 6.26 Å². The molecule has 4 heteroatoms. The number of nitrogens with two attached hydrogens (primary N) is 1. The van der Waals surface area contributed by atoms with E-state index in [-0.39, 0.29) is 6.04 Å². The monoisotopic (exact) mass is 300 g/mol. The van der Waals surface area contributed by atoms with Crippen LogP contribution in [-0.2, 0) is 6.54 Å². The molecule has 2 aromatic carbocycles. The summed E-state index contributed by atoms with van der Waals surface area (Å²) in [6.45, 7) is 2.83. The van der Waals surface area contributed by atoms with Gasteiger partial charge in [0.2, 0.25) is 5.91 Å².